The van der Waals surface area contributed by atoms with Crippen LogP contribution in [0, 0.1) is 0 Å². The molecule has 0 spiro atoms. The summed E-state index contributed by atoms with van der Waals surface area (Å²) in [5.74, 6) is -1.51. The Morgan fingerprint density at radius 1 is 0.714 bits per heavy atom. The maximum atomic E-state index is 12.5. The second kappa shape index (κ2) is 9.82. The first-order chi connectivity index (χ1) is 13.2. The number of hydrogen-bond donors (Lipinski definition) is 6. The van der Waals surface area contributed by atoms with Crippen molar-refractivity contribution in [3.05, 3.63) is 23.8 Å². The zero-order chi connectivity index (χ0) is 21.5. The van der Waals surface area contributed by atoms with E-state index in [1.54, 1.807) is 0 Å². The van der Waals surface area contributed by atoms with Gasteiger partial charge in [0.15, 0.2) is 0 Å². The summed E-state index contributed by atoms with van der Waals surface area (Å²) in [5, 5.41) is 56.4. The molecule has 1 heterocycles. The van der Waals surface area contributed by atoms with Gasteiger partial charge < -0.3 is 40.4 Å². The minimum atomic E-state index is -1.60. The van der Waals surface area contributed by atoms with E-state index in [2.05, 4.69) is 9.97 Å². The molecule has 0 aliphatic heterocycles. The minimum Gasteiger partial charge on any atom is -0.394 e. The molecule has 0 saturated heterocycles. The monoisotopic (exact) mass is 402 g/mol. The average molecular weight is 402 g/mol. The van der Waals surface area contributed by atoms with Crippen molar-refractivity contribution < 1.29 is 40.2 Å². The summed E-state index contributed by atoms with van der Waals surface area (Å²) in [6.07, 6.45) is 1.99. The van der Waals surface area contributed by atoms with Crippen LogP contribution in [0.25, 0.3) is 0 Å². The number of carbonyl (C=O) groups is 2. The number of amides is 2. The van der Waals surface area contributed by atoms with Crippen LogP contribution in [0.4, 0.5) is 0 Å². The highest BCUT2D eigenvalue weighted by Crippen LogP contribution is 2.17. The molecule has 12 heteroatoms. The van der Waals surface area contributed by atoms with Crippen LogP contribution in [0.5, 0.6) is 0 Å². The number of aliphatic hydroxyl groups excluding tert-OH is 6. The zero-order valence-electron chi connectivity index (χ0n) is 15.7. The van der Waals surface area contributed by atoms with Gasteiger partial charge in [-0.3, -0.25) is 9.59 Å². The third kappa shape index (κ3) is 4.27. The highest BCUT2D eigenvalue weighted by molar-refractivity contribution is 5.95. The maximum absolute atomic E-state index is 12.5. The molecule has 158 valence electrons. The van der Waals surface area contributed by atoms with Crippen LogP contribution in [-0.2, 0) is 0 Å². The molecule has 0 saturated carbocycles. The van der Waals surface area contributed by atoms with Gasteiger partial charge in [-0.15, -0.1) is 0 Å². The predicted molar refractivity (Wildman–Crippen MR) is 94.2 cm³/mol. The van der Waals surface area contributed by atoms with Crippen LogP contribution >= 0.6 is 0 Å². The third-order valence-corrected chi connectivity index (χ3v) is 4.89. The number of aliphatic hydroxyl groups is 6. The fraction of sp³-hybridized carbons (Fsp3) is 0.625. The normalized spacial score (nSPS) is 12.0. The molecule has 0 radical (unpaired) electrons. The lowest BCUT2D eigenvalue weighted by Crippen LogP contribution is -2.58. The Labute approximate surface area is 161 Å². The number of nitrogens with zero attached hydrogens (tertiary/aromatic N) is 4. The quantitative estimate of drug-likeness (QED) is 0.225. The largest absolute Gasteiger partial charge is 0.394 e. The van der Waals surface area contributed by atoms with Crippen molar-refractivity contribution in [1.82, 2.24) is 19.8 Å². The molecule has 0 bridgehead atoms. The molecular weight excluding hydrogens is 376 g/mol. The van der Waals surface area contributed by atoms with E-state index in [-0.39, 0.29) is 11.4 Å². The molecule has 0 aromatic carbocycles. The Hall–Kier alpha value is -2.22. The van der Waals surface area contributed by atoms with Gasteiger partial charge in [0.05, 0.1) is 52.0 Å². The summed E-state index contributed by atoms with van der Waals surface area (Å²) in [6, 6.07) is 0. The van der Waals surface area contributed by atoms with Gasteiger partial charge in [-0.1, -0.05) is 0 Å². The zero-order valence-corrected chi connectivity index (χ0v) is 15.7. The SMILES string of the molecule is CN(C(=O)c1cnc(C(=O)N(C)C(CO)(CO)CO)cn1)C(CO)(CO)CO. The summed E-state index contributed by atoms with van der Waals surface area (Å²) in [5.41, 5.74) is -3.62. The molecule has 28 heavy (non-hydrogen) atoms. The molecule has 0 atom stereocenters. The second-order valence-electron chi connectivity index (χ2n) is 6.41. The summed E-state index contributed by atoms with van der Waals surface area (Å²) < 4.78 is 0. The van der Waals surface area contributed by atoms with E-state index >= 15 is 0 Å². The third-order valence-electron chi connectivity index (χ3n) is 4.89. The van der Waals surface area contributed by atoms with Gasteiger partial charge in [0.2, 0.25) is 0 Å². The summed E-state index contributed by atoms with van der Waals surface area (Å²) in [6.45, 7) is -4.15. The molecule has 1 aromatic rings. The van der Waals surface area contributed by atoms with Crippen molar-refractivity contribution >= 4 is 11.8 Å². The van der Waals surface area contributed by atoms with E-state index in [4.69, 9.17) is 0 Å². The maximum Gasteiger partial charge on any atom is 0.274 e. The first kappa shape index (κ1) is 23.8. The van der Waals surface area contributed by atoms with Crippen molar-refractivity contribution in [1.29, 1.82) is 0 Å². The average Bonchev–Trinajstić information content (AvgIpc) is 2.75. The second-order valence-corrected chi connectivity index (χ2v) is 6.41. The van der Waals surface area contributed by atoms with Gasteiger partial charge in [-0.25, -0.2) is 9.97 Å². The standard InChI is InChI=1S/C16H26N4O8/c1-19(15(5-21,6-22)7-23)13(27)11-3-18-12(4-17-11)14(28)20(2)16(8-24,9-25)10-26/h3-4,21-26H,5-10H2,1-2H3. The molecule has 0 aliphatic rings. The van der Waals surface area contributed by atoms with Crippen molar-refractivity contribution in [2.24, 2.45) is 0 Å². The van der Waals surface area contributed by atoms with Gasteiger partial charge in [0.25, 0.3) is 11.8 Å². The highest BCUT2D eigenvalue weighted by Gasteiger charge is 2.38. The molecule has 0 unspecified atom stereocenters. The molecule has 0 fully saturated rings. The van der Waals surface area contributed by atoms with Crippen LogP contribution in [-0.4, -0.2) is 127 Å². The van der Waals surface area contributed by atoms with Gasteiger partial charge >= 0.3 is 0 Å². The number of hydrogen-bond acceptors (Lipinski definition) is 10. The Balaban J connectivity index is 3.08. The Morgan fingerprint density at radius 3 is 1.14 bits per heavy atom. The molecule has 6 N–H and O–H groups in total. The Morgan fingerprint density at radius 2 is 0.964 bits per heavy atom. The van der Waals surface area contributed by atoms with Crippen molar-refractivity contribution in [3.63, 3.8) is 0 Å². The fourth-order valence-corrected chi connectivity index (χ4v) is 2.26. The fourth-order valence-electron chi connectivity index (χ4n) is 2.26. The van der Waals surface area contributed by atoms with Gasteiger partial charge in [0, 0.05) is 14.1 Å². The molecule has 0 aliphatic carbocycles. The van der Waals surface area contributed by atoms with Crippen molar-refractivity contribution in [3.8, 4) is 0 Å². The van der Waals surface area contributed by atoms with Crippen LogP contribution < -0.4 is 0 Å². The highest BCUT2D eigenvalue weighted by atomic mass is 16.3. The Bertz CT molecular complexity index is 588. The van der Waals surface area contributed by atoms with Crippen LogP contribution in [0.15, 0.2) is 12.4 Å². The molecule has 1 rings (SSSR count). The minimum absolute atomic E-state index is 0.209. The van der Waals surface area contributed by atoms with E-state index in [9.17, 15) is 40.2 Å². The summed E-state index contributed by atoms with van der Waals surface area (Å²) in [4.78, 5) is 34.5. The smallest absolute Gasteiger partial charge is 0.274 e. The first-order valence-corrected chi connectivity index (χ1v) is 8.26. The van der Waals surface area contributed by atoms with E-state index in [0.29, 0.717) is 0 Å². The van der Waals surface area contributed by atoms with Gasteiger partial charge in [-0.05, 0) is 0 Å². The number of aromatic nitrogens is 2. The lowest BCUT2D eigenvalue weighted by Gasteiger charge is -2.37. The molecule has 12 nitrogen and oxygen atoms in total. The van der Waals surface area contributed by atoms with Crippen LogP contribution in [0.3, 0.4) is 0 Å². The van der Waals surface area contributed by atoms with E-state index < -0.39 is 62.5 Å². The van der Waals surface area contributed by atoms with E-state index in [0.717, 1.165) is 22.2 Å². The lowest BCUT2D eigenvalue weighted by molar-refractivity contribution is -0.0254. The predicted octanol–water partition coefficient (Wildman–Crippen LogP) is -3.95. The summed E-state index contributed by atoms with van der Waals surface area (Å²) in [7, 11) is 2.52. The first-order valence-electron chi connectivity index (χ1n) is 8.26. The van der Waals surface area contributed by atoms with E-state index in [1.807, 2.05) is 0 Å². The topological polar surface area (TPSA) is 188 Å². The van der Waals surface area contributed by atoms with Crippen molar-refractivity contribution in [2.75, 3.05) is 53.7 Å². The number of carbonyl (C=O) groups excluding carboxylic acids is 2. The van der Waals surface area contributed by atoms with Crippen molar-refractivity contribution in [2.45, 2.75) is 11.1 Å². The van der Waals surface area contributed by atoms with Gasteiger partial charge in [-0.2, -0.15) is 0 Å². The van der Waals surface area contributed by atoms with Gasteiger partial charge in [0.1, 0.15) is 22.5 Å². The summed E-state index contributed by atoms with van der Waals surface area (Å²) >= 11 is 0. The lowest BCUT2D eigenvalue weighted by atomic mass is 10.0. The molecular formula is C16H26N4O8. The van der Waals surface area contributed by atoms with Crippen LogP contribution in [0.1, 0.15) is 21.0 Å². The van der Waals surface area contributed by atoms with Crippen LogP contribution in [0.2, 0.25) is 0 Å². The number of likely N-dealkylation sites (N-methyl/N-ethyl adjacent to an activating group) is 2. The Kier molecular flexibility index (Phi) is 8.35. The molecule has 2 amide bonds. The molecule has 1 aromatic heterocycles. The van der Waals surface area contributed by atoms with E-state index in [1.165, 1.54) is 14.1 Å². The number of rotatable bonds is 10.